The molecule has 0 radical (unpaired) electrons. The van der Waals surface area contributed by atoms with Gasteiger partial charge < -0.3 is 10.4 Å². The molecule has 1 heterocycles. The van der Waals surface area contributed by atoms with Crippen molar-refractivity contribution in [1.82, 2.24) is 5.32 Å². The van der Waals surface area contributed by atoms with E-state index in [-0.39, 0.29) is 6.10 Å². The van der Waals surface area contributed by atoms with Gasteiger partial charge in [-0.25, -0.2) is 0 Å². The molecule has 0 spiro atoms. The number of hydrogen-bond acceptors (Lipinski definition) is 3. The number of aliphatic hydroxyl groups is 1. The Morgan fingerprint density at radius 2 is 2.43 bits per heavy atom. The van der Waals surface area contributed by atoms with Gasteiger partial charge in [-0.1, -0.05) is 6.92 Å². The fourth-order valence-corrected chi connectivity index (χ4v) is 1.96. The Hall–Kier alpha value is -0.380. The van der Waals surface area contributed by atoms with E-state index in [4.69, 9.17) is 0 Å². The first-order valence-corrected chi connectivity index (χ1v) is 6.17. The van der Waals surface area contributed by atoms with E-state index < -0.39 is 0 Å². The molecule has 14 heavy (non-hydrogen) atoms. The molecule has 3 heteroatoms. The van der Waals surface area contributed by atoms with Crippen LogP contribution >= 0.6 is 11.3 Å². The average molecular weight is 213 g/mol. The second-order valence-electron chi connectivity index (χ2n) is 3.51. The summed E-state index contributed by atoms with van der Waals surface area (Å²) in [6.45, 7) is 3.96. The number of rotatable bonds is 7. The smallest absolute Gasteiger partial charge is 0.0538 e. The van der Waals surface area contributed by atoms with Gasteiger partial charge in [-0.05, 0) is 48.2 Å². The third kappa shape index (κ3) is 4.74. The first-order valence-electron chi connectivity index (χ1n) is 5.22. The highest BCUT2D eigenvalue weighted by molar-refractivity contribution is 7.07. The van der Waals surface area contributed by atoms with Gasteiger partial charge in [0.15, 0.2) is 0 Å². The van der Waals surface area contributed by atoms with Crippen LogP contribution in [0.3, 0.4) is 0 Å². The fourth-order valence-electron chi connectivity index (χ4n) is 1.29. The van der Waals surface area contributed by atoms with E-state index in [1.165, 1.54) is 5.56 Å². The van der Waals surface area contributed by atoms with E-state index in [1.807, 2.05) is 6.92 Å². The second kappa shape index (κ2) is 6.98. The Morgan fingerprint density at radius 1 is 1.57 bits per heavy atom. The predicted octanol–water partition coefficient (Wildman–Crippen LogP) is 2.39. The van der Waals surface area contributed by atoms with Crippen molar-refractivity contribution in [2.75, 3.05) is 6.54 Å². The van der Waals surface area contributed by atoms with Crippen molar-refractivity contribution in [3.8, 4) is 0 Å². The van der Waals surface area contributed by atoms with Crippen LogP contribution in [0.25, 0.3) is 0 Å². The molecule has 0 aliphatic rings. The summed E-state index contributed by atoms with van der Waals surface area (Å²) in [6.07, 6.45) is 2.72. The van der Waals surface area contributed by atoms with Gasteiger partial charge in [-0.3, -0.25) is 0 Å². The summed E-state index contributed by atoms with van der Waals surface area (Å²) in [7, 11) is 0. The van der Waals surface area contributed by atoms with Crippen molar-refractivity contribution in [3.05, 3.63) is 22.4 Å². The molecule has 1 aromatic rings. The number of hydrogen-bond donors (Lipinski definition) is 2. The summed E-state index contributed by atoms with van der Waals surface area (Å²) in [5.74, 6) is 0. The summed E-state index contributed by atoms with van der Waals surface area (Å²) in [6, 6.07) is 2.14. The first kappa shape index (κ1) is 11.7. The van der Waals surface area contributed by atoms with Gasteiger partial charge in [-0.15, -0.1) is 0 Å². The van der Waals surface area contributed by atoms with E-state index in [2.05, 4.69) is 22.1 Å². The van der Waals surface area contributed by atoms with Crippen molar-refractivity contribution in [2.45, 2.75) is 38.8 Å². The molecule has 0 fully saturated rings. The molecule has 0 aliphatic heterocycles. The molecule has 2 nitrogen and oxygen atoms in total. The molecule has 0 saturated carbocycles. The first-order chi connectivity index (χ1) is 6.83. The molecule has 0 amide bonds. The van der Waals surface area contributed by atoms with E-state index in [9.17, 15) is 5.11 Å². The van der Waals surface area contributed by atoms with Gasteiger partial charge in [-0.2, -0.15) is 11.3 Å². The molecule has 0 bridgehead atoms. The maximum absolute atomic E-state index is 9.32. The van der Waals surface area contributed by atoms with Crippen molar-refractivity contribution in [3.63, 3.8) is 0 Å². The lowest BCUT2D eigenvalue weighted by Crippen LogP contribution is -2.16. The van der Waals surface area contributed by atoms with Crippen molar-refractivity contribution >= 4 is 11.3 Å². The van der Waals surface area contributed by atoms with Crippen molar-refractivity contribution in [1.29, 1.82) is 0 Å². The van der Waals surface area contributed by atoms with E-state index in [1.54, 1.807) is 11.3 Å². The second-order valence-corrected chi connectivity index (χ2v) is 4.29. The van der Waals surface area contributed by atoms with Crippen LogP contribution in [0.1, 0.15) is 31.7 Å². The van der Waals surface area contributed by atoms with E-state index >= 15 is 0 Å². The quantitative estimate of drug-likeness (QED) is 0.682. The molecule has 1 aromatic heterocycles. The number of nitrogens with one attached hydrogen (secondary N) is 1. The van der Waals surface area contributed by atoms with Gasteiger partial charge in [0.1, 0.15) is 0 Å². The van der Waals surface area contributed by atoms with Gasteiger partial charge in [0, 0.05) is 6.54 Å². The van der Waals surface area contributed by atoms with Crippen LogP contribution in [0.2, 0.25) is 0 Å². The zero-order chi connectivity index (χ0) is 10.2. The lowest BCUT2D eigenvalue weighted by atomic mass is 10.1. The molecule has 0 saturated heterocycles. The average Bonchev–Trinajstić information content (AvgIpc) is 2.69. The molecular weight excluding hydrogens is 194 g/mol. The van der Waals surface area contributed by atoms with E-state index in [0.717, 1.165) is 32.4 Å². The van der Waals surface area contributed by atoms with Gasteiger partial charge in [0.05, 0.1) is 6.10 Å². The Balaban J connectivity index is 1.95. The van der Waals surface area contributed by atoms with E-state index in [0.29, 0.717) is 0 Å². The van der Waals surface area contributed by atoms with Crippen LogP contribution < -0.4 is 5.32 Å². The highest BCUT2D eigenvalue weighted by atomic mass is 32.1. The summed E-state index contributed by atoms with van der Waals surface area (Å²) >= 11 is 1.73. The lowest BCUT2D eigenvalue weighted by molar-refractivity contribution is 0.157. The zero-order valence-corrected chi connectivity index (χ0v) is 9.52. The molecule has 1 rings (SSSR count). The van der Waals surface area contributed by atoms with Crippen LogP contribution in [0, 0.1) is 0 Å². The minimum Gasteiger partial charge on any atom is -0.393 e. The van der Waals surface area contributed by atoms with Crippen LogP contribution in [-0.2, 0) is 6.54 Å². The van der Waals surface area contributed by atoms with Crippen LogP contribution in [0.5, 0.6) is 0 Å². The Kier molecular flexibility index (Phi) is 5.83. The van der Waals surface area contributed by atoms with Gasteiger partial charge >= 0.3 is 0 Å². The topological polar surface area (TPSA) is 32.3 Å². The van der Waals surface area contributed by atoms with Crippen LogP contribution in [0.15, 0.2) is 16.8 Å². The molecule has 0 aromatic carbocycles. The molecule has 1 atom stereocenters. The monoisotopic (exact) mass is 213 g/mol. The van der Waals surface area contributed by atoms with Crippen LogP contribution in [0.4, 0.5) is 0 Å². The SMILES string of the molecule is CCC(O)CCCNCc1ccsc1. The predicted molar refractivity (Wildman–Crippen MR) is 61.6 cm³/mol. The minimum atomic E-state index is -0.113. The molecule has 80 valence electrons. The van der Waals surface area contributed by atoms with Crippen LogP contribution in [-0.4, -0.2) is 17.8 Å². The molecule has 2 N–H and O–H groups in total. The number of thiophene rings is 1. The maximum Gasteiger partial charge on any atom is 0.0538 e. The van der Waals surface area contributed by atoms with Crippen molar-refractivity contribution < 1.29 is 5.11 Å². The Morgan fingerprint density at radius 3 is 3.07 bits per heavy atom. The fraction of sp³-hybridized carbons (Fsp3) is 0.636. The third-order valence-corrected chi connectivity index (χ3v) is 3.00. The summed E-state index contributed by atoms with van der Waals surface area (Å²) in [4.78, 5) is 0. The Labute approximate surface area is 90.0 Å². The minimum absolute atomic E-state index is 0.113. The summed E-state index contributed by atoms with van der Waals surface area (Å²) < 4.78 is 0. The molecular formula is C11H19NOS. The summed E-state index contributed by atoms with van der Waals surface area (Å²) in [5.41, 5.74) is 1.35. The normalized spacial score (nSPS) is 13.0. The highest BCUT2D eigenvalue weighted by Crippen LogP contribution is 2.05. The summed E-state index contributed by atoms with van der Waals surface area (Å²) in [5, 5.41) is 16.9. The standard InChI is InChI=1S/C11H19NOS/c1-2-11(13)4-3-6-12-8-10-5-7-14-9-10/h5,7,9,11-13H,2-4,6,8H2,1H3. The Bertz CT molecular complexity index is 223. The maximum atomic E-state index is 9.32. The molecule has 1 unspecified atom stereocenters. The van der Waals surface area contributed by atoms with Crippen molar-refractivity contribution in [2.24, 2.45) is 0 Å². The number of aliphatic hydroxyl groups excluding tert-OH is 1. The highest BCUT2D eigenvalue weighted by Gasteiger charge is 1.99. The van der Waals surface area contributed by atoms with Gasteiger partial charge in [0.2, 0.25) is 0 Å². The third-order valence-electron chi connectivity index (χ3n) is 2.27. The molecule has 0 aliphatic carbocycles. The zero-order valence-electron chi connectivity index (χ0n) is 8.70. The van der Waals surface area contributed by atoms with Gasteiger partial charge in [0.25, 0.3) is 0 Å². The largest absolute Gasteiger partial charge is 0.393 e. The lowest BCUT2D eigenvalue weighted by Gasteiger charge is -2.07.